The fourth-order valence-corrected chi connectivity index (χ4v) is 2.31. The number of anilines is 2. The highest BCUT2D eigenvalue weighted by Crippen LogP contribution is 2.31. The van der Waals surface area contributed by atoms with Gasteiger partial charge in [0.2, 0.25) is 0 Å². The van der Waals surface area contributed by atoms with Gasteiger partial charge in [0, 0.05) is 21.9 Å². The lowest BCUT2D eigenvalue weighted by atomic mass is 9.79. The zero-order valence-corrected chi connectivity index (χ0v) is 8.08. The summed E-state index contributed by atoms with van der Waals surface area (Å²) >= 11 is 1.40. The van der Waals surface area contributed by atoms with E-state index in [1.54, 1.807) is 17.5 Å². The molecule has 0 radical (unpaired) electrons. The summed E-state index contributed by atoms with van der Waals surface area (Å²) in [5.74, 6) is 0. The van der Waals surface area contributed by atoms with Crippen molar-refractivity contribution in [3.63, 3.8) is 0 Å². The molecule has 1 heterocycles. The predicted octanol–water partition coefficient (Wildman–Crippen LogP) is -0.255. The number of nitrogens with two attached hydrogens (primary N) is 2. The molecule has 0 atom stereocenters. The first kappa shape index (κ1) is 9.33. The van der Waals surface area contributed by atoms with Crippen LogP contribution in [0.3, 0.4) is 0 Å². The average molecular weight is 208 g/mol. The van der Waals surface area contributed by atoms with E-state index in [1.807, 2.05) is 0 Å². The molecule has 0 saturated carbocycles. The van der Waals surface area contributed by atoms with Crippen LogP contribution in [0.25, 0.3) is 10.1 Å². The van der Waals surface area contributed by atoms with E-state index in [9.17, 15) is 0 Å². The second-order valence-corrected chi connectivity index (χ2v) is 3.89. The van der Waals surface area contributed by atoms with Crippen molar-refractivity contribution in [1.82, 2.24) is 0 Å². The molecule has 0 unspecified atom stereocenters. The van der Waals surface area contributed by atoms with Crippen LogP contribution in [0.2, 0.25) is 0 Å². The molecule has 6 heteroatoms. The van der Waals surface area contributed by atoms with Gasteiger partial charge in [-0.05, 0) is 0 Å². The van der Waals surface area contributed by atoms with Crippen LogP contribution in [0.5, 0.6) is 0 Å². The molecule has 2 rings (SSSR count). The standard InChI is InChI=1S/C8H9BN2O2S/c10-6-3-14-8-4(6)1-2-5(7(8)11)9(12)13/h1-3,12-13H,10-11H2. The van der Waals surface area contributed by atoms with Gasteiger partial charge in [-0.3, -0.25) is 0 Å². The largest absolute Gasteiger partial charge is 0.490 e. The van der Waals surface area contributed by atoms with Crippen LogP contribution < -0.4 is 16.9 Å². The van der Waals surface area contributed by atoms with Crippen LogP contribution in [-0.2, 0) is 0 Å². The topological polar surface area (TPSA) is 92.5 Å². The molecule has 6 N–H and O–H groups in total. The maximum atomic E-state index is 9.02. The number of rotatable bonds is 1. The molecular weight excluding hydrogens is 199 g/mol. The Hall–Kier alpha value is -1.24. The summed E-state index contributed by atoms with van der Waals surface area (Å²) in [7, 11) is -1.54. The van der Waals surface area contributed by atoms with Gasteiger partial charge in [0.05, 0.1) is 10.4 Å². The molecule has 4 nitrogen and oxygen atoms in total. The van der Waals surface area contributed by atoms with E-state index >= 15 is 0 Å². The third-order valence-electron chi connectivity index (χ3n) is 2.12. The smallest absolute Gasteiger partial charge is 0.423 e. The van der Waals surface area contributed by atoms with Gasteiger partial charge in [-0.15, -0.1) is 11.3 Å². The van der Waals surface area contributed by atoms with Gasteiger partial charge in [0.1, 0.15) is 0 Å². The van der Waals surface area contributed by atoms with Crippen molar-refractivity contribution >= 4 is 45.4 Å². The van der Waals surface area contributed by atoms with Crippen molar-refractivity contribution in [2.75, 3.05) is 11.5 Å². The molecule has 0 aliphatic rings. The van der Waals surface area contributed by atoms with E-state index in [-0.39, 0.29) is 0 Å². The monoisotopic (exact) mass is 208 g/mol. The lowest BCUT2D eigenvalue weighted by Crippen LogP contribution is -2.32. The Morgan fingerprint density at radius 2 is 1.93 bits per heavy atom. The van der Waals surface area contributed by atoms with E-state index in [1.165, 1.54) is 11.3 Å². The van der Waals surface area contributed by atoms with Gasteiger partial charge in [-0.25, -0.2) is 0 Å². The Labute approximate surface area is 84.9 Å². The van der Waals surface area contributed by atoms with E-state index in [0.29, 0.717) is 16.8 Å². The highest BCUT2D eigenvalue weighted by molar-refractivity contribution is 7.18. The second-order valence-electron chi connectivity index (χ2n) is 3.01. The van der Waals surface area contributed by atoms with Crippen molar-refractivity contribution < 1.29 is 10.0 Å². The summed E-state index contributed by atoms with van der Waals surface area (Å²) in [6.07, 6.45) is 0. The Bertz CT molecular complexity index is 483. The second kappa shape index (κ2) is 3.16. The first-order chi connectivity index (χ1) is 6.61. The van der Waals surface area contributed by atoms with Crippen LogP contribution >= 0.6 is 11.3 Å². The van der Waals surface area contributed by atoms with E-state index < -0.39 is 7.12 Å². The SMILES string of the molecule is Nc1csc2c(N)c(B(O)O)ccc12. The Balaban J connectivity index is 2.76. The summed E-state index contributed by atoms with van der Waals surface area (Å²) in [6, 6.07) is 3.32. The lowest BCUT2D eigenvalue weighted by molar-refractivity contribution is 0.426. The first-order valence-electron chi connectivity index (χ1n) is 4.02. The fraction of sp³-hybridized carbons (Fsp3) is 0. The number of fused-ring (bicyclic) bond motifs is 1. The number of hydrogen-bond acceptors (Lipinski definition) is 5. The highest BCUT2D eigenvalue weighted by atomic mass is 32.1. The molecule has 0 aliphatic heterocycles. The summed E-state index contributed by atoms with van der Waals surface area (Å²) in [5.41, 5.74) is 12.8. The van der Waals surface area contributed by atoms with Gasteiger partial charge >= 0.3 is 7.12 Å². The van der Waals surface area contributed by atoms with Gasteiger partial charge in [-0.1, -0.05) is 12.1 Å². The number of benzene rings is 1. The maximum absolute atomic E-state index is 9.02. The third-order valence-corrected chi connectivity index (χ3v) is 3.17. The Morgan fingerprint density at radius 3 is 2.57 bits per heavy atom. The molecule has 2 aromatic rings. The fourth-order valence-electron chi connectivity index (χ4n) is 1.38. The van der Waals surface area contributed by atoms with Crippen LogP contribution in [0.1, 0.15) is 0 Å². The van der Waals surface area contributed by atoms with Crippen LogP contribution in [0, 0.1) is 0 Å². The van der Waals surface area contributed by atoms with Gasteiger partial charge in [0.15, 0.2) is 0 Å². The molecule has 72 valence electrons. The zero-order chi connectivity index (χ0) is 10.3. The van der Waals surface area contributed by atoms with Crippen molar-refractivity contribution in [1.29, 1.82) is 0 Å². The van der Waals surface area contributed by atoms with Crippen LogP contribution in [0.4, 0.5) is 11.4 Å². The number of hydrogen-bond donors (Lipinski definition) is 4. The molecule has 0 aliphatic carbocycles. The van der Waals surface area contributed by atoms with Crippen molar-refractivity contribution in [2.45, 2.75) is 0 Å². The van der Waals surface area contributed by atoms with Crippen LogP contribution in [-0.4, -0.2) is 17.2 Å². The van der Waals surface area contributed by atoms with Gasteiger partial charge in [0.25, 0.3) is 0 Å². The zero-order valence-electron chi connectivity index (χ0n) is 7.27. The summed E-state index contributed by atoms with van der Waals surface area (Å²) in [4.78, 5) is 0. The first-order valence-corrected chi connectivity index (χ1v) is 4.90. The summed E-state index contributed by atoms with van der Waals surface area (Å²) < 4.78 is 0.799. The molecule has 14 heavy (non-hydrogen) atoms. The minimum absolute atomic E-state index is 0.319. The van der Waals surface area contributed by atoms with Crippen molar-refractivity contribution in [2.24, 2.45) is 0 Å². The Morgan fingerprint density at radius 1 is 1.21 bits per heavy atom. The molecule has 1 aromatic heterocycles. The minimum atomic E-state index is -1.54. The maximum Gasteiger partial charge on any atom is 0.490 e. The molecule has 1 aromatic carbocycles. The van der Waals surface area contributed by atoms with E-state index in [4.69, 9.17) is 21.5 Å². The average Bonchev–Trinajstić information content (AvgIpc) is 2.49. The van der Waals surface area contributed by atoms with Gasteiger partial charge in [-0.2, -0.15) is 0 Å². The molecule has 0 fully saturated rings. The van der Waals surface area contributed by atoms with Crippen molar-refractivity contribution in [3.8, 4) is 0 Å². The quantitative estimate of drug-likeness (QED) is 0.384. The third kappa shape index (κ3) is 1.24. The van der Waals surface area contributed by atoms with Gasteiger partial charge < -0.3 is 21.5 Å². The van der Waals surface area contributed by atoms with E-state index in [0.717, 1.165) is 10.1 Å². The summed E-state index contributed by atoms with van der Waals surface area (Å²) in [6.45, 7) is 0. The number of thiophene rings is 1. The molecular formula is C8H9BN2O2S. The molecule has 0 spiro atoms. The summed E-state index contributed by atoms with van der Waals surface area (Å²) in [5, 5.41) is 20.7. The number of nitrogen functional groups attached to an aromatic ring is 2. The highest BCUT2D eigenvalue weighted by Gasteiger charge is 2.17. The van der Waals surface area contributed by atoms with Crippen LogP contribution in [0.15, 0.2) is 17.5 Å². The van der Waals surface area contributed by atoms with E-state index in [2.05, 4.69) is 0 Å². The molecule has 0 amide bonds. The minimum Gasteiger partial charge on any atom is -0.423 e. The normalized spacial score (nSPS) is 10.7. The Kier molecular flexibility index (Phi) is 2.11. The molecule has 0 bridgehead atoms. The lowest BCUT2D eigenvalue weighted by Gasteiger charge is -2.04. The van der Waals surface area contributed by atoms with Crippen molar-refractivity contribution in [3.05, 3.63) is 17.5 Å². The molecule has 0 saturated heterocycles. The predicted molar refractivity (Wildman–Crippen MR) is 60.5 cm³/mol.